The Balaban J connectivity index is 1.45. The fourth-order valence-electron chi connectivity index (χ4n) is 2.98. The Morgan fingerprint density at radius 2 is 1.80 bits per heavy atom. The number of hydrogen-bond acceptors (Lipinski definition) is 5. The molecule has 0 spiro atoms. The minimum Gasteiger partial charge on any atom is -0.338 e. The van der Waals surface area contributed by atoms with Crippen LogP contribution in [0.15, 0.2) is 71.9 Å². The molecular weight excluding hydrogens is 398 g/mol. The molecule has 2 heterocycles. The number of carbonyl (C=O) groups is 2. The van der Waals surface area contributed by atoms with Gasteiger partial charge in [0.2, 0.25) is 11.8 Å². The quantitative estimate of drug-likeness (QED) is 0.406. The first-order valence-corrected chi connectivity index (χ1v) is 10.3. The Morgan fingerprint density at radius 1 is 1.00 bits per heavy atom. The maximum atomic E-state index is 12.4. The zero-order chi connectivity index (χ0) is 20.9. The van der Waals surface area contributed by atoms with E-state index in [0.717, 1.165) is 27.4 Å². The van der Waals surface area contributed by atoms with Crippen molar-refractivity contribution >= 4 is 46.0 Å². The average Bonchev–Trinajstić information content (AvgIpc) is 3.16. The van der Waals surface area contributed by atoms with Crippen LogP contribution < -0.4 is 10.6 Å². The van der Waals surface area contributed by atoms with Gasteiger partial charge in [-0.1, -0.05) is 30.0 Å². The summed E-state index contributed by atoms with van der Waals surface area (Å²) in [4.78, 5) is 36.0. The molecule has 3 N–H and O–H groups in total. The van der Waals surface area contributed by atoms with Gasteiger partial charge in [0.1, 0.15) is 10.9 Å². The highest BCUT2D eigenvalue weighted by molar-refractivity contribution is 8.00. The topological polar surface area (TPSA) is 99.8 Å². The molecule has 0 aliphatic carbocycles. The lowest BCUT2D eigenvalue weighted by Gasteiger charge is -2.09. The predicted molar refractivity (Wildman–Crippen MR) is 119 cm³/mol. The van der Waals surface area contributed by atoms with Crippen molar-refractivity contribution in [2.45, 2.75) is 11.9 Å². The van der Waals surface area contributed by atoms with Crippen molar-refractivity contribution < 1.29 is 9.59 Å². The molecule has 0 saturated carbocycles. The molecule has 2 aromatic heterocycles. The molecule has 4 aromatic rings. The van der Waals surface area contributed by atoms with E-state index in [4.69, 9.17) is 0 Å². The molecule has 0 unspecified atom stereocenters. The number of benzene rings is 2. The van der Waals surface area contributed by atoms with E-state index < -0.39 is 0 Å². The lowest BCUT2D eigenvalue weighted by atomic mass is 10.2. The third-order valence-electron chi connectivity index (χ3n) is 4.22. The number of hydrogen-bond donors (Lipinski definition) is 3. The summed E-state index contributed by atoms with van der Waals surface area (Å²) in [6, 6.07) is 18.6. The first-order chi connectivity index (χ1) is 14.6. The maximum absolute atomic E-state index is 12.4. The standard InChI is InChI=1S/C22H19N5O2S/c1-14(28)24-15-6-4-7-16(12-15)25-20(29)13-30-22-17(8-5-11-23-22)21-26-18-9-2-3-10-19(18)27-21/h2-12H,13H2,1H3,(H,24,28)(H,25,29)(H,26,27). The highest BCUT2D eigenvalue weighted by atomic mass is 32.2. The molecule has 0 bridgehead atoms. The van der Waals surface area contributed by atoms with Crippen LogP contribution in [0, 0.1) is 0 Å². The van der Waals surface area contributed by atoms with Gasteiger partial charge in [-0.3, -0.25) is 9.59 Å². The molecule has 0 saturated heterocycles. The maximum Gasteiger partial charge on any atom is 0.234 e. The second-order valence-corrected chi connectivity index (χ2v) is 7.52. The van der Waals surface area contributed by atoms with Gasteiger partial charge in [0.05, 0.1) is 16.8 Å². The monoisotopic (exact) mass is 417 g/mol. The highest BCUT2D eigenvalue weighted by Crippen LogP contribution is 2.29. The van der Waals surface area contributed by atoms with Crippen molar-refractivity contribution in [3.05, 3.63) is 66.9 Å². The first kappa shape index (κ1) is 19.7. The minimum atomic E-state index is -0.166. The van der Waals surface area contributed by atoms with Gasteiger partial charge >= 0.3 is 0 Å². The fraction of sp³-hybridized carbons (Fsp3) is 0.0909. The Labute approximate surface area is 177 Å². The van der Waals surface area contributed by atoms with Crippen molar-refractivity contribution in [1.82, 2.24) is 15.0 Å². The number of pyridine rings is 1. The van der Waals surface area contributed by atoms with Crippen molar-refractivity contribution in [2.75, 3.05) is 16.4 Å². The number of H-pyrrole nitrogens is 1. The lowest BCUT2D eigenvalue weighted by Crippen LogP contribution is -2.14. The van der Waals surface area contributed by atoms with E-state index in [1.807, 2.05) is 36.4 Å². The number of carbonyl (C=O) groups excluding carboxylic acids is 2. The third-order valence-corrected chi connectivity index (χ3v) is 5.23. The first-order valence-electron chi connectivity index (χ1n) is 9.29. The van der Waals surface area contributed by atoms with Gasteiger partial charge in [-0.15, -0.1) is 0 Å². The Morgan fingerprint density at radius 3 is 2.60 bits per heavy atom. The fourth-order valence-corrected chi connectivity index (χ4v) is 3.77. The number of rotatable bonds is 6. The molecular formula is C22H19N5O2S. The van der Waals surface area contributed by atoms with Gasteiger partial charge in [-0.25, -0.2) is 9.97 Å². The van der Waals surface area contributed by atoms with Crippen molar-refractivity contribution in [2.24, 2.45) is 0 Å². The molecule has 150 valence electrons. The van der Waals surface area contributed by atoms with E-state index in [1.165, 1.54) is 18.7 Å². The van der Waals surface area contributed by atoms with Crippen LogP contribution in [0.3, 0.4) is 0 Å². The molecule has 0 fully saturated rings. The normalized spacial score (nSPS) is 10.7. The van der Waals surface area contributed by atoms with Crippen molar-refractivity contribution in [3.63, 3.8) is 0 Å². The van der Waals surface area contributed by atoms with E-state index in [2.05, 4.69) is 25.6 Å². The predicted octanol–water partition coefficient (Wildman–Crippen LogP) is 4.31. The SMILES string of the molecule is CC(=O)Nc1cccc(NC(=O)CSc2ncccc2-c2nc3ccccc3[nH]2)c1. The van der Waals surface area contributed by atoms with Crippen molar-refractivity contribution in [3.8, 4) is 11.4 Å². The van der Waals surface area contributed by atoms with Gasteiger partial charge in [0.15, 0.2) is 0 Å². The van der Waals surface area contributed by atoms with Crippen LogP contribution in [0.4, 0.5) is 11.4 Å². The summed E-state index contributed by atoms with van der Waals surface area (Å²) in [6.45, 7) is 1.44. The van der Waals surface area contributed by atoms with E-state index in [-0.39, 0.29) is 17.6 Å². The number of thioether (sulfide) groups is 1. The molecule has 0 radical (unpaired) electrons. The molecule has 2 aromatic carbocycles. The number of nitrogens with one attached hydrogen (secondary N) is 3. The van der Waals surface area contributed by atoms with Crippen LogP contribution in [-0.2, 0) is 9.59 Å². The molecule has 0 aliphatic rings. The molecule has 0 aliphatic heterocycles. The summed E-state index contributed by atoms with van der Waals surface area (Å²) in [5, 5.41) is 6.26. The smallest absolute Gasteiger partial charge is 0.234 e. The summed E-state index contributed by atoms with van der Waals surface area (Å²) < 4.78 is 0. The summed E-state index contributed by atoms with van der Waals surface area (Å²) in [5.74, 6) is 0.577. The molecule has 8 heteroatoms. The number of aromatic amines is 1. The second kappa shape index (κ2) is 8.79. The minimum absolute atomic E-state index is 0.165. The van der Waals surface area contributed by atoms with E-state index in [1.54, 1.807) is 30.5 Å². The molecule has 0 atom stereocenters. The van der Waals surface area contributed by atoms with Crippen LogP contribution in [0.25, 0.3) is 22.4 Å². The van der Waals surface area contributed by atoms with E-state index in [9.17, 15) is 9.59 Å². The van der Waals surface area contributed by atoms with Crippen molar-refractivity contribution in [1.29, 1.82) is 0 Å². The number of imidazole rings is 1. The van der Waals surface area contributed by atoms with Gasteiger partial charge in [-0.05, 0) is 42.5 Å². The summed E-state index contributed by atoms with van der Waals surface area (Å²) in [7, 11) is 0. The number of nitrogens with zero attached hydrogens (tertiary/aromatic N) is 2. The van der Waals surface area contributed by atoms with E-state index >= 15 is 0 Å². The zero-order valence-electron chi connectivity index (χ0n) is 16.2. The number of fused-ring (bicyclic) bond motifs is 1. The van der Waals surface area contributed by atoms with Gasteiger partial charge in [0.25, 0.3) is 0 Å². The van der Waals surface area contributed by atoms with Crippen LogP contribution >= 0.6 is 11.8 Å². The number of amides is 2. The largest absolute Gasteiger partial charge is 0.338 e. The summed E-state index contributed by atoms with van der Waals surface area (Å²) >= 11 is 1.34. The van der Waals surface area contributed by atoms with Crippen LogP contribution in [0.5, 0.6) is 0 Å². The second-order valence-electron chi connectivity index (χ2n) is 6.56. The van der Waals surface area contributed by atoms with Gasteiger partial charge in [0, 0.05) is 30.1 Å². The molecule has 30 heavy (non-hydrogen) atoms. The van der Waals surface area contributed by atoms with Crippen LogP contribution in [0.1, 0.15) is 6.92 Å². The highest BCUT2D eigenvalue weighted by Gasteiger charge is 2.13. The Kier molecular flexibility index (Phi) is 5.76. The zero-order valence-corrected chi connectivity index (χ0v) is 17.0. The Bertz CT molecular complexity index is 1190. The van der Waals surface area contributed by atoms with Gasteiger partial charge in [-0.2, -0.15) is 0 Å². The number of aromatic nitrogens is 3. The van der Waals surface area contributed by atoms with E-state index in [0.29, 0.717) is 11.4 Å². The Hall–Kier alpha value is -3.65. The van der Waals surface area contributed by atoms with Crippen LogP contribution in [-0.4, -0.2) is 32.5 Å². The molecule has 4 rings (SSSR count). The number of para-hydroxylation sites is 2. The molecule has 7 nitrogen and oxygen atoms in total. The average molecular weight is 417 g/mol. The molecule has 2 amide bonds. The third kappa shape index (κ3) is 4.66. The summed E-state index contributed by atoms with van der Waals surface area (Å²) in [5.41, 5.74) is 3.92. The van der Waals surface area contributed by atoms with Gasteiger partial charge < -0.3 is 15.6 Å². The lowest BCUT2D eigenvalue weighted by molar-refractivity contribution is -0.114. The number of anilines is 2. The summed E-state index contributed by atoms with van der Waals surface area (Å²) in [6.07, 6.45) is 1.70. The van der Waals surface area contributed by atoms with Crippen LogP contribution in [0.2, 0.25) is 0 Å².